The average Bonchev–Trinajstić information content (AvgIpc) is 3.09. The number of esters is 1. The molecule has 0 spiro atoms. The average molecular weight is 281 g/mol. The largest absolute Gasteiger partial charge is 0.467 e. The summed E-state index contributed by atoms with van der Waals surface area (Å²) < 4.78 is 10.1. The highest BCUT2D eigenvalue weighted by molar-refractivity contribution is 5.85. The van der Waals surface area contributed by atoms with E-state index in [-0.39, 0.29) is 18.5 Å². The minimum atomic E-state index is -0.556. The van der Waals surface area contributed by atoms with Gasteiger partial charge in [-0.05, 0) is 37.0 Å². The van der Waals surface area contributed by atoms with E-state index in [1.165, 1.54) is 32.8 Å². The van der Waals surface area contributed by atoms with Gasteiger partial charge in [0.15, 0.2) is 6.04 Å². The predicted octanol–water partition coefficient (Wildman–Crippen LogP) is 1.21. The molecule has 3 fully saturated rings. The van der Waals surface area contributed by atoms with Gasteiger partial charge in [-0.1, -0.05) is 6.42 Å². The molecule has 1 amide bonds. The van der Waals surface area contributed by atoms with Gasteiger partial charge in [-0.15, -0.1) is 0 Å². The number of rotatable bonds is 3. The third-order valence-electron chi connectivity index (χ3n) is 5.24. The van der Waals surface area contributed by atoms with E-state index in [1.54, 1.807) is 4.90 Å². The Morgan fingerprint density at radius 3 is 2.80 bits per heavy atom. The molecule has 0 aromatic carbocycles. The zero-order chi connectivity index (χ0) is 14.1. The van der Waals surface area contributed by atoms with E-state index in [0.717, 1.165) is 11.8 Å². The summed E-state index contributed by atoms with van der Waals surface area (Å²) in [6.07, 6.45) is 5.73. The lowest BCUT2D eigenvalue weighted by Gasteiger charge is -2.35. The second kappa shape index (κ2) is 5.72. The van der Waals surface area contributed by atoms with E-state index >= 15 is 0 Å². The zero-order valence-corrected chi connectivity index (χ0v) is 12.0. The van der Waals surface area contributed by atoms with Gasteiger partial charge in [0.1, 0.15) is 0 Å². The normalized spacial score (nSPS) is 36.1. The lowest BCUT2D eigenvalue weighted by Crippen LogP contribution is -2.53. The molecular weight excluding hydrogens is 258 g/mol. The molecule has 0 aromatic heterocycles. The SMILES string of the molecule is COC(=O)C1COCCN1C(=O)CC1CC2CCC1C2. The summed E-state index contributed by atoms with van der Waals surface area (Å²) in [5.74, 6) is 1.84. The summed E-state index contributed by atoms with van der Waals surface area (Å²) in [6.45, 7) is 1.27. The van der Waals surface area contributed by atoms with Gasteiger partial charge >= 0.3 is 5.97 Å². The third kappa shape index (κ3) is 2.55. The molecule has 2 saturated carbocycles. The van der Waals surface area contributed by atoms with Crippen molar-refractivity contribution in [2.45, 2.75) is 38.1 Å². The number of carbonyl (C=O) groups is 2. The highest BCUT2D eigenvalue weighted by Crippen LogP contribution is 2.49. The maximum absolute atomic E-state index is 12.5. The molecule has 5 heteroatoms. The van der Waals surface area contributed by atoms with Crippen molar-refractivity contribution in [2.75, 3.05) is 26.9 Å². The Balaban J connectivity index is 1.61. The Morgan fingerprint density at radius 1 is 1.30 bits per heavy atom. The van der Waals surface area contributed by atoms with Crippen molar-refractivity contribution < 1.29 is 19.1 Å². The van der Waals surface area contributed by atoms with Crippen LogP contribution in [0.5, 0.6) is 0 Å². The van der Waals surface area contributed by atoms with Gasteiger partial charge in [0, 0.05) is 13.0 Å². The second-order valence-corrected chi connectivity index (χ2v) is 6.34. The Morgan fingerprint density at radius 2 is 2.15 bits per heavy atom. The summed E-state index contributed by atoms with van der Waals surface area (Å²) in [4.78, 5) is 25.9. The highest BCUT2D eigenvalue weighted by Gasteiger charge is 2.42. The molecule has 1 aliphatic heterocycles. The molecule has 1 saturated heterocycles. The lowest BCUT2D eigenvalue weighted by atomic mass is 9.86. The van der Waals surface area contributed by atoms with Crippen LogP contribution in [0.2, 0.25) is 0 Å². The van der Waals surface area contributed by atoms with Gasteiger partial charge < -0.3 is 14.4 Å². The maximum atomic E-state index is 12.5. The topological polar surface area (TPSA) is 55.8 Å². The van der Waals surface area contributed by atoms with Crippen molar-refractivity contribution in [2.24, 2.45) is 17.8 Å². The van der Waals surface area contributed by atoms with Gasteiger partial charge in [-0.2, -0.15) is 0 Å². The van der Waals surface area contributed by atoms with Gasteiger partial charge in [0.25, 0.3) is 0 Å². The van der Waals surface area contributed by atoms with E-state index in [1.807, 2.05) is 0 Å². The first-order chi connectivity index (χ1) is 9.69. The minimum Gasteiger partial charge on any atom is -0.467 e. The fourth-order valence-electron chi connectivity index (χ4n) is 4.20. The molecule has 20 heavy (non-hydrogen) atoms. The van der Waals surface area contributed by atoms with Gasteiger partial charge in [-0.25, -0.2) is 4.79 Å². The number of hydrogen-bond acceptors (Lipinski definition) is 4. The molecule has 5 nitrogen and oxygen atoms in total. The summed E-state index contributed by atoms with van der Waals surface area (Å²) in [7, 11) is 1.36. The molecule has 3 aliphatic rings. The van der Waals surface area contributed by atoms with E-state index in [9.17, 15) is 9.59 Å². The van der Waals surface area contributed by atoms with Crippen LogP contribution in [0.4, 0.5) is 0 Å². The van der Waals surface area contributed by atoms with Crippen LogP contribution in [0.1, 0.15) is 32.1 Å². The zero-order valence-electron chi connectivity index (χ0n) is 12.0. The van der Waals surface area contributed by atoms with Crippen molar-refractivity contribution in [3.63, 3.8) is 0 Å². The smallest absolute Gasteiger partial charge is 0.331 e. The van der Waals surface area contributed by atoms with E-state index in [0.29, 0.717) is 25.5 Å². The summed E-state index contributed by atoms with van der Waals surface area (Å²) in [6, 6.07) is -0.556. The molecule has 0 radical (unpaired) electrons. The van der Waals surface area contributed by atoms with E-state index in [2.05, 4.69) is 0 Å². The number of carbonyl (C=O) groups excluding carboxylic acids is 2. The number of morpholine rings is 1. The third-order valence-corrected chi connectivity index (χ3v) is 5.24. The van der Waals surface area contributed by atoms with Crippen LogP contribution in [0.25, 0.3) is 0 Å². The quantitative estimate of drug-likeness (QED) is 0.730. The first kappa shape index (κ1) is 13.9. The first-order valence-electron chi connectivity index (χ1n) is 7.64. The second-order valence-electron chi connectivity index (χ2n) is 6.34. The molecule has 2 aliphatic carbocycles. The van der Waals surface area contributed by atoms with Gasteiger partial charge in [0.2, 0.25) is 5.91 Å². The van der Waals surface area contributed by atoms with E-state index in [4.69, 9.17) is 9.47 Å². The number of nitrogens with zero attached hydrogens (tertiary/aromatic N) is 1. The summed E-state index contributed by atoms with van der Waals surface area (Å²) in [5.41, 5.74) is 0. The standard InChI is InChI=1S/C15H23NO4/c1-19-15(18)13-9-20-5-4-16(13)14(17)8-12-7-10-2-3-11(12)6-10/h10-13H,2-9H2,1H3. The fraction of sp³-hybridized carbons (Fsp3) is 0.867. The molecule has 2 bridgehead atoms. The molecule has 0 N–H and O–H groups in total. The first-order valence-corrected chi connectivity index (χ1v) is 7.64. The maximum Gasteiger partial charge on any atom is 0.331 e. The number of fused-ring (bicyclic) bond motifs is 2. The van der Waals surface area contributed by atoms with Gasteiger partial charge in [-0.3, -0.25) is 4.79 Å². The lowest BCUT2D eigenvalue weighted by molar-refractivity contribution is -0.161. The Labute approximate surface area is 119 Å². The highest BCUT2D eigenvalue weighted by atomic mass is 16.5. The van der Waals surface area contributed by atoms with Gasteiger partial charge in [0.05, 0.1) is 20.3 Å². The van der Waals surface area contributed by atoms with Crippen LogP contribution < -0.4 is 0 Å². The molecular formula is C15H23NO4. The van der Waals surface area contributed by atoms with Crippen LogP contribution in [-0.4, -0.2) is 49.7 Å². The van der Waals surface area contributed by atoms with Crippen LogP contribution in [0.3, 0.4) is 0 Å². The van der Waals surface area contributed by atoms with Crippen molar-refractivity contribution >= 4 is 11.9 Å². The summed E-state index contributed by atoms with van der Waals surface area (Å²) >= 11 is 0. The molecule has 112 valence electrons. The van der Waals surface area contributed by atoms with Crippen LogP contribution in [0, 0.1) is 17.8 Å². The predicted molar refractivity (Wildman–Crippen MR) is 71.9 cm³/mol. The fourth-order valence-corrected chi connectivity index (χ4v) is 4.20. The molecule has 1 heterocycles. The Hall–Kier alpha value is -1.10. The van der Waals surface area contributed by atoms with Crippen molar-refractivity contribution in [1.29, 1.82) is 0 Å². The van der Waals surface area contributed by atoms with Crippen LogP contribution in [0.15, 0.2) is 0 Å². The number of methoxy groups -OCH3 is 1. The van der Waals surface area contributed by atoms with Crippen molar-refractivity contribution in [3.8, 4) is 0 Å². The molecule has 4 unspecified atom stereocenters. The monoisotopic (exact) mass is 281 g/mol. The van der Waals surface area contributed by atoms with Crippen LogP contribution in [-0.2, 0) is 19.1 Å². The Bertz CT molecular complexity index is 397. The molecule has 4 atom stereocenters. The number of ether oxygens (including phenoxy) is 2. The molecule has 0 aromatic rings. The van der Waals surface area contributed by atoms with Crippen LogP contribution >= 0.6 is 0 Å². The van der Waals surface area contributed by atoms with Crippen molar-refractivity contribution in [3.05, 3.63) is 0 Å². The van der Waals surface area contributed by atoms with Crippen molar-refractivity contribution in [1.82, 2.24) is 4.90 Å². The minimum absolute atomic E-state index is 0.0984. The number of amides is 1. The van der Waals surface area contributed by atoms with E-state index < -0.39 is 6.04 Å². The number of hydrogen-bond donors (Lipinski definition) is 0. The summed E-state index contributed by atoms with van der Waals surface area (Å²) in [5, 5.41) is 0. The Kier molecular flexibility index (Phi) is 3.96. The molecule has 3 rings (SSSR count).